The number of likely N-dealkylation sites (tertiary alicyclic amines) is 1. The molecule has 2 unspecified atom stereocenters. The van der Waals surface area contributed by atoms with Gasteiger partial charge in [-0.15, -0.1) is 0 Å². The first-order valence-electron chi connectivity index (χ1n) is 8.37. The number of nitrogens with two attached hydrogens (primary N) is 1. The van der Waals surface area contributed by atoms with Crippen LogP contribution in [0.2, 0.25) is 0 Å². The Hall–Kier alpha value is -1.71. The van der Waals surface area contributed by atoms with E-state index in [1.807, 2.05) is 12.1 Å². The molecule has 2 fully saturated rings. The molecule has 1 aliphatic carbocycles. The van der Waals surface area contributed by atoms with E-state index in [2.05, 4.69) is 24.0 Å². The first-order valence-corrected chi connectivity index (χ1v) is 8.37. The van der Waals surface area contributed by atoms with Gasteiger partial charge in [0.15, 0.2) is 5.96 Å². The third-order valence-electron chi connectivity index (χ3n) is 5.13. The Morgan fingerprint density at radius 2 is 1.91 bits per heavy atom. The van der Waals surface area contributed by atoms with Crippen LogP contribution in [0, 0.1) is 0 Å². The summed E-state index contributed by atoms with van der Waals surface area (Å²) in [5.74, 6) is 1.68. The predicted octanol–water partition coefficient (Wildman–Crippen LogP) is 2.92. The summed E-state index contributed by atoms with van der Waals surface area (Å²) in [4.78, 5) is 7.08. The second-order valence-electron chi connectivity index (χ2n) is 6.73. The summed E-state index contributed by atoms with van der Waals surface area (Å²) < 4.78 is 5.51. The van der Waals surface area contributed by atoms with Crippen LogP contribution >= 0.6 is 0 Å². The number of nitrogens with zero attached hydrogens (tertiary/aromatic N) is 2. The minimum Gasteiger partial charge on any atom is -0.496 e. The van der Waals surface area contributed by atoms with Crippen molar-refractivity contribution in [2.75, 3.05) is 20.2 Å². The predicted molar refractivity (Wildman–Crippen MR) is 90.4 cm³/mol. The van der Waals surface area contributed by atoms with Gasteiger partial charge >= 0.3 is 0 Å². The largest absolute Gasteiger partial charge is 0.496 e. The topological polar surface area (TPSA) is 50.9 Å². The van der Waals surface area contributed by atoms with Crippen molar-refractivity contribution >= 4 is 5.96 Å². The first-order chi connectivity index (χ1) is 10.6. The minimum atomic E-state index is 0.0586. The number of methoxy groups -OCH3 is 1. The maximum Gasteiger partial charge on any atom is 0.191 e. The van der Waals surface area contributed by atoms with Crippen LogP contribution in [0.15, 0.2) is 29.3 Å². The first kappa shape index (κ1) is 15.2. The Labute approximate surface area is 133 Å². The second-order valence-corrected chi connectivity index (χ2v) is 6.73. The summed E-state index contributed by atoms with van der Waals surface area (Å²) in [6.45, 7) is 4.36. The van der Waals surface area contributed by atoms with Gasteiger partial charge in [0.05, 0.1) is 13.2 Å². The fraction of sp³-hybridized carbons (Fsp3) is 0.611. The highest BCUT2D eigenvalue weighted by Gasteiger charge is 2.53. The number of ether oxygens (including phenoxy) is 1. The van der Waals surface area contributed by atoms with Crippen LogP contribution in [0.5, 0.6) is 5.75 Å². The number of para-hydroxylation sites is 1. The monoisotopic (exact) mass is 301 g/mol. The number of guanidine groups is 1. The van der Waals surface area contributed by atoms with Gasteiger partial charge in [0.2, 0.25) is 0 Å². The molecular formula is C18H27N3O. The zero-order valence-corrected chi connectivity index (χ0v) is 13.7. The van der Waals surface area contributed by atoms with E-state index in [1.165, 1.54) is 31.2 Å². The van der Waals surface area contributed by atoms with Crippen molar-refractivity contribution in [1.82, 2.24) is 4.90 Å². The molecule has 22 heavy (non-hydrogen) atoms. The van der Waals surface area contributed by atoms with Crippen molar-refractivity contribution in [3.05, 3.63) is 29.8 Å². The van der Waals surface area contributed by atoms with E-state index < -0.39 is 0 Å². The molecule has 3 rings (SSSR count). The Kier molecular flexibility index (Phi) is 4.27. The van der Waals surface area contributed by atoms with Crippen molar-refractivity contribution in [2.45, 2.75) is 50.5 Å². The van der Waals surface area contributed by atoms with Gasteiger partial charge < -0.3 is 15.4 Å². The van der Waals surface area contributed by atoms with Crippen molar-refractivity contribution in [3.63, 3.8) is 0 Å². The molecule has 1 saturated carbocycles. The summed E-state index contributed by atoms with van der Waals surface area (Å²) in [5, 5.41) is 0. The summed E-state index contributed by atoms with van der Waals surface area (Å²) in [6, 6.07) is 8.53. The van der Waals surface area contributed by atoms with E-state index in [-0.39, 0.29) is 11.5 Å². The fourth-order valence-corrected chi connectivity index (χ4v) is 3.48. The summed E-state index contributed by atoms with van der Waals surface area (Å²) in [6.07, 6.45) is 6.12. The van der Waals surface area contributed by atoms with Gasteiger partial charge in [0.1, 0.15) is 5.75 Å². The van der Waals surface area contributed by atoms with Crippen LogP contribution in [0.4, 0.5) is 0 Å². The van der Waals surface area contributed by atoms with E-state index in [0.717, 1.165) is 31.2 Å². The number of hydrogen-bond acceptors (Lipinski definition) is 2. The maximum absolute atomic E-state index is 6.27. The molecule has 0 radical (unpaired) electrons. The molecular weight excluding hydrogens is 274 g/mol. The van der Waals surface area contributed by atoms with Gasteiger partial charge in [-0.3, -0.25) is 0 Å². The normalized spacial score (nSPS) is 29.1. The average molecular weight is 301 g/mol. The Morgan fingerprint density at radius 1 is 1.23 bits per heavy atom. The molecule has 1 aromatic rings. The molecule has 1 saturated heterocycles. The van der Waals surface area contributed by atoms with Crippen molar-refractivity contribution in [2.24, 2.45) is 10.7 Å². The van der Waals surface area contributed by atoms with Gasteiger partial charge in [0, 0.05) is 24.1 Å². The van der Waals surface area contributed by atoms with Crippen LogP contribution in [0.25, 0.3) is 0 Å². The molecule has 1 aromatic carbocycles. The molecule has 120 valence electrons. The van der Waals surface area contributed by atoms with Gasteiger partial charge in [-0.1, -0.05) is 38.0 Å². The van der Waals surface area contributed by atoms with Crippen LogP contribution < -0.4 is 10.5 Å². The number of hydrogen-bond donors (Lipinski definition) is 1. The van der Waals surface area contributed by atoms with Crippen LogP contribution in [0.3, 0.4) is 0 Å². The summed E-state index contributed by atoms with van der Waals surface area (Å²) in [7, 11) is 1.73. The molecule has 0 amide bonds. The number of benzene rings is 1. The van der Waals surface area contributed by atoms with E-state index in [4.69, 9.17) is 15.5 Å². The summed E-state index contributed by atoms with van der Waals surface area (Å²) in [5.41, 5.74) is 7.58. The lowest BCUT2D eigenvalue weighted by molar-refractivity contribution is 0.404. The SMILES string of the molecule is COc1ccccc1C1(C)CC1N=C(N)N1CCCCCC1. The van der Waals surface area contributed by atoms with Crippen LogP contribution in [-0.2, 0) is 5.41 Å². The third kappa shape index (κ3) is 2.92. The standard InChI is InChI=1S/C18H27N3O/c1-18(14-9-5-6-10-15(14)22-2)13-16(18)20-17(19)21-11-7-3-4-8-12-21/h5-6,9-10,16H,3-4,7-8,11-13H2,1-2H3,(H2,19,20). The molecule has 4 heteroatoms. The Morgan fingerprint density at radius 3 is 2.59 bits per heavy atom. The second kappa shape index (κ2) is 6.19. The highest BCUT2D eigenvalue weighted by atomic mass is 16.5. The van der Waals surface area contributed by atoms with E-state index in [1.54, 1.807) is 7.11 Å². The fourth-order valence-electron chi connectivity index (χ4n) is 3.48. The third-order valence-corrected chi connectivity index (χ3v) is 5.13. The van der Waals surface area contributed by atoms with Crippen molar-refractivity contribution in [1.29, 1.82) is 0 Å². The highest BCUT2D eigenvalue weighted by Crippen LogP contribution is 2.53. The van der Waals surface area contributed by atoms with Gasteiger partial charge in [-0.2, -0.15) is 0 Å². The van der Waals surface area contributed by atoms with Gasteiger partial charge in [-0.25, -0.2) is 4.99 Å². The van der Waals surface area contributed by atoms with Crippen LogP contribution in [0.1, 0.15) is 44.6 Å². The van der Waals surface area contributed by atoms with Crippen molar-refractivity contribution in [3.8, 4) is 5.75 Å². The number of rotatable bonds is 3. The lowest BCUT2D eigenvalue weighted by atomic mass is 9.96. The van der Waals surface area contributed by atoms with Crippen LogP contribution in [-0.4, -0.2) is 37.1 Å². The van der Waals surface area contributed by atoms with E-state index >= 15 is 0 Å². The van der Waals surface area contributed by atoms with E-state index in [0.29, 0.717) is 0 Å². The molecule has 0 spiro atoms. The van der Waals surface area contributed by atoms with Gasteiger partial charge in [0.25, 0.3) is 0 Å². The molecule has 1 aliphatic heterocycles. The molecule has 2 aliphatic rings. The Balaban J connectivity index is 1.73. The highest BCUT2D eigenvalue weighted by molar-refractivity contribution is 5.78. The average Bonchev–Trinajstić information content (AvgIpc) is 3.26. The molecule has 1 heterocycles. The molecule has 0 aromatic heterocycles. The quantitative estimate of drug-likeness (QED) is 0.690. The molecule has 2 N–H and O–H groups in total. The Bertz CT molecular complexity index is 549. The summed E-state index contributed by atoms with van der Waals surface area (Å²) >= 11 is 0. The maximum atomic E-state index is 6.27. The molecule has 4 nitrogen and oxygen atoms in total. The van der Waals surface area contributed by atoms with Crippen molar-refractivity contribution < 1.29 is 4.74 Å². The lowest BCUT2D eigenvalue weighted by Crippen LogP contribution is -2.38. The molecule has 0 bridgehead atoms. The zero-order chi connectivity index (χ0) is 15.6. The lowest BCUT2D eigenvalue weighted by Gasteiger charge is -2.21. The smallest absolute Gasteiger partial charge is 0.191 e. The minimum absolute atomic E-state index is 0.0586. The van der Waals surface area contributed by atoms with Gasteiger partial charge in [-0.05, 0) is 25.3 Å². The molecule has 2 atom stereocenters. The number of aliphatic imine (C=N–C) groups is 1. The van der Waals surface area contributed by atoms with E-state index in [9.17, 15) is 0 Å². The zero-order valence-electron chi connectivity index (χ0n) is 13.7.